The summed E-state index contributed by atoms with van der Waals surface area (Å²) in [6.45, 7) is 2.72. The molecule has 1 saturated carbocycles. The highest BCUT2D eigenvalue weighted by molar-refractivity contribution is 7.47. The Balaban J connectivity index is 2.67. The Hall–Kier alpha value is -2.86. The first-order valence-electron chi connectivity index (χ1n) is 23.2. The molecule has 66 heavy (non-hydrogen) atoms. The van der Waals surface area contributed by atoms with Crippen molar-refractivity contribution in [1.82, 2.24) is 0 Å². The second kappa shape index (κ2) is 37.1. The summed E-state index contributed by atoms with van der Waals surface area (Å²) in [6.07, 6.45) is 27.5. The largest absolute Gasteiger partial charge is 0.472 e. The lowest BCUT2D eigenvalue weighted by atomic mass is 9.85. The van der Waals surface area contributed by atoms with E-state index in [-0.39, 0.29) is 18.9 Å². The van der Waals surface area contributed by atoms with Gasteiger partial charge in [-0.05, 0) is 83.5 Å². The fourth-order valence-corrected chi connectivity index (χ4v) is 8.00. The Kier molecular flexibility index (Phi) is 34.4. The average molecular weight is 977 g/mol. The molecule has 9 atom stereocenters. The van der Waals surface area contributed by atoms with Crippen LogP contribution in [-0.2, 0) is 41.8 Å². The van der Waals surface area contributed by atoms with Crippen LogP contribution in [-0.4, -0.2) is 114 Å². The maximum absolute atomic E-state index is 13.0. The molecule has 0 amide bonds. The topological polar surface area (TPSA) is 276 Å². The molecule has 1 fully saturated rings. The highest BCUT2D eigenvalue weighted by Crippen LogP contribution is 2.49. The fourth-order valence-electron chi connectivity index (χ4n) is 6.46. The Labute approximate surface area is 391 Å². The first kappa shape index (κ1) is 61.2. The van der Waals surface area contributed by atoms with Crippen LogP contribution in [0.25, 0.3) is 0 Å². The van der Waals surface area contributed by atoms with Crippen molar-refractivity contribution in [3.05, 3.63) is 85.1 Å². The summed E-state index contributed by atoms with van der Waals surface area (Å²) in [6, 6.07) is 0. The van der Waals surface area contributed by atoms with Gasteiger partial charge < -0.3 is 49.7 Å². The van der Waals surface area contributed by atoms with Crippen LogP contribution in [0.15, 0.2) is 85.1 Å². The number of esters is 2. The minimum Gasteiger partial charge on any atom is -0.462 e. The van der Waals surface area contributed by atoms with Crippen molar-refractivity contribution < 1.29 is 82.0 Å². The van der Waals surface area contributed by atoms with Gasteiger partial charge in [0.15, 0.2) is 6.10 Å². The monoisotopic (exact) mass is 976 g/mol. The highest BCUT2D eigenvalue weighted by atomic mass is 31.2. The first-order valence-corrected chi connectivity index (χ1v) is 26.2. The molecule has 0 saturated heterocycles. The highest BCUT2D eigenvalue weighted by Gasteiger charge is 2.54. The third-order valence-corrected chi connectivity index (χ3v) is 11.5. The summed E-state index contributed by atoms with van der Waals surface area (Å²) >= 11 is 0. The SMILES string of the molecule is CC/C=C\C/C=C\C/C=C\CCCCCCCC(=O)OC[C@H](COP(=O)(O)O[C@H]1C(O)C(O)C(O)[C@@H](OP(=O)(O)O)C1O)OC(=O)CCC/C=C\C/C=C\C/C=C\C/C=C\CC(O)CCC. The van der Waals surface area contributed by atoms with Crippen LogP contribution in [0.3, 0.4) is 0 Å². The molecule has 0 radical (unpaired) electrons. The number of unbranched alkanes of at least 4 members (excludes halogenated alkanes) is 6. The molecule has 0 heterocycles. The average Bonchev–Trinajstić information content (AvgIpc) is 3.26. The van der Waals surface area contributed by atoms with Crippen LogP contribution in [0, 0.1) is 0 Å². The molecule has 0 aliphatic heterocycles. The zero-order chi connectivity index (χ0) is 49.1. The van der Waals surface area contributed by atoms with Crippen molar-refractivity contribution in [3.63, 3.8) is 0 Å². The maximum atomic E-state index is 13.0. The van der Waals surface area contributed by atoms with Crippen LogP contribution >= 0.6 is 15.6 Å². The van der Waals surface area contributed by atoms with Gasteiger partial charge in [-0.1, -0.05) is 125 Å². The van der Waals surface area contributed by atoms with Crippen LogP contribution in [0.1, 0.15) is 136 Å². The van der Waals surface area contributed by atoms with Gasteiger partial charge in [0.25, 0.3) is 0 Å². The van der Waals surface area contributed by atoms with Gasteiger partial charge in [0.05, 0.1) is 12.7 Å². The molecule has 1 aliphatic carbocycles. The zero-order valence-corrected chi connectivity index (χ0v) is 40.5. The molecular formula is C47H78O17P2. The number of ether oxygens (including phenoxy) is 2. The van der Waals surface area contributed by atoms with Gasteiger partial charge in [-0.15, -0.1) is 0 Å². The summed E-state index contributed by atoms with van der Waals surface area (Å²) in [5.41, 5.74) is 0. The number of phosphoric acid groups is 2. The predicted octanol–water partition coefficient (Wildman–Crippen LogP) is 7.58. The molecule has 17 nitrogen and oxygen atoms in total. The Morgan fingerprint density at radius 3 is 1.61 bits per heavy atom. The Morgan fingerprint density at radius 1 is 0.561 bits per heavy atom. The van der Waals surface area contributed by atoms with E-state index in [1.165, 1.54) is 0 Å². The van der Waals surface area contributed by atoms with Crippen LogP contribution in [0.2, 0.25) is 0 Å². The molecule has 8 N–H and O–H groups in total. The summed E-state index contributed by atoms with van der Waals surface area (Å²) in [5, 5.41) is 51.0. The van der Waals surface area contributed by atoms with Crippen molar-refractivity contribution in [1.29, 1.82) is 0 Å². The van der Waals surface area contributed by atoms with Crippen LogP contribution in [0.5, 0.6) is 0 Å². The molecule has 6 unspecified atom stereocenters. The molecule has 0 aromatic heterocycles. The molecular weight excluding hydrogens is 898 g/mol. The number of hydrogen-bond acceptors (Lipinski definition) is 14. The van der Waals surface area contributed by atoms with E-state index < -0.39 is 83.5 Å². The molecule has 1 aliphatic rings. The summed E-state index contributed by atoms with van der Waals surface area (Å²) in [5.74, 6) is -1.32. The number of phosphoric ester groups is 2. The van der Waals surface area contributed by atoms with E-state index in [1.54, 1.807) is 0 Å². The number of aliphatic hydroxyl groups excluding tert-OH is 5. The third kappa shape index (κ3) is 31.2. The third-order valence-electron chi connectivity index (χ3n) is 10.0. The van der Waals surface area contributed by atoms with Crippen LogP contribution < -0.4 is 0 Å². The van der Waals surface area contributed by atoms with Crippen molar-refractivity contribution in [2.24, 2.45) is 0 Å². The van der Waals surface area contributed by atoms with E-state index in [0.29, 0.717) is 32.1 Å². The van der Waals surface area contributed by atoms with Crippen molar-refractivity contribution in [2.75, 3.05) is 13.2 Å². The van der Waals surface area contributed by atoms with E-state index in [2.05, 4.69) is 60.1 Å². The van der Waals surface area contributed by atoms with E-state index >= 15 is 0 Å². The molecule has 0 bridgehead atoms. The van der Waals surface area contributed by atoms with Gasteiger partial charge in [0.2, 0.25) is 0 Å². The first-order chi connectivity index (χ1) is 31.5. The number of carbonyl (C=O) groups excluding carboxylic acids is 2. The molecule has 0 aromatic rings. The number of hydrogen-bond donors (Lipinski definition) is 8. The Bertz CT molecular complexity index is 1620. The fraction of sp³-hybridized carbons (Fsp3) is 0.660. The second-order valence-corrected chi connectivity index (χ2v) is 18.5. The van der Waals surface area contributed by atoms with Gasteiger partial charge in [0.1, 0.15) is 43.2 Å². The van der Waals surface area contributed by atoms with E-state index in [0.717, 1.165) is 77.0 Å². The van der Waals surface area contributed by atoms with E-state index in [4.69, 9.17) is 28.3 Å². The predicted molar refractivity (Wildman–Crippen MR) is 251 cm³/mol. The smallest absolute Gasteiger partial charge is 0.462 e. The van der Waals surface area contributed by atoms with Gasteiger partial charge in [-0.3, -0.25) is 23.2 Å². The van der Waals surface area contributed by atoms with Crippen molar-refractivity contribution >= 4 is 27.6 Å². The molecule has 19 heteroatoms. The maximum Gasteiger partial charge on any atom is 0.472 e. The lowest BCUT2D eigenvalue weighted by Gasteiger charge is -2.43. The minimum absolute atomic E-state index is 0.0554. The summed E-state index contributed by atoms with van der Waals surface area (Å²) in [7, 11) is -10.7. The van der Waals surface area contributed by atoms with Crippen LogP contribution in [0.4, 0.5) is 0 Å². The van der Waals surface area contributed by atoms with Gasteiger partial charge >= 0.3 is 27.6 Å². The Morgan fingerprint density at radius 2 is 1.05 bits per heavy atom. The molecule has 0 spiro atoms. The van der Waals surface area contributed by atoms with E-state index in [1.807, 2.05) is 43.4 Å². The van der Waals surface area contributed by atoms with Gasteiger partial charge in [-0.2, -0.15) is 0 Å². The lowest BCUT2D eigenvalue weighted by molar-refractivity contribution is -0.216. The lowest BCUT2D eigenvalue weighted by Crippen LogP contribution is -2.64. The minimum atomic E-state index is -5.38. The number of carbonyl (C=O) groups is 2. The molecule has 1 rings (SSSR count). The van der Waals surface area contributed by atoms with Gasteiger partial charge in [-0.25, -0.2) is 9.13 Å². The summed E-state index contributed by atoms with van der Waals surface area (Å²) < 4.78 is 49.2. The number of allylic oxidation sites excluding steroid dienone is 13. The second-order valence-electron chi connectivity index (χ2n) is 15.9. The quantitative estimate of drug-likeness (QED) is 0.0129. The number of rotatable bonds is 37. The zero-order valence-electron chi connectivity index (χ0n) is 38.7. The molecule has 0 aromatic carbocycles. The van der Waals surface area contributed by atoms with Crippen molar-refractivity contribution in [2.45, 2.75) is 185 Å². The van der Waals surface area contributed by atoms with Crippen molar-refractivity contribution in [3.8, 4) is 0 Å². The number of aliphatic hydroxyl groups is 5. The van der Waals surface area contributed by atoms with E-state index in [9.17, 15) is 49.1 Å². The standard InChI is InChI=1S/C47H78O17P2/c1-3-5-6-7-8-9-10-11-12-15-18-21-24-27-30-34-40(49)60-36-39(37-61-66(58,59)64-47-44(53)42(51)43(52)46(45(47)54)63-65(55,56)57)62-41(50)35-31-28-25-22-19-16-13-14-17-20-23-26-29-33-38(48)32-4-2/h5-6,8-9,11-13,16-17,20,22,25-26,29,38-39,42-48,51-54H,3-4,7,10,14-15,18-19,21,23-24,27-28,30-37H2,1-2H3,(H,58,59)(H2,55,56,57)/b6-5-,9-8-,12-11-,16-13-,20-17-,25-22-,29-26-/t38?,39-,42?,43?,44?,45?,46-,47+/m1/s1. The normalized spacial score (nSPS) is 22.8. The summed E-state index contributed by atoms with van der Waals surface area (Å²) in [4.78, 5) is 54.2. The van der Waals surface area contributed by atoms with Gasteiger partial charge in [0, 0.05) is 12.8 Å². The molecule has 378 valence electrons.